The van der Waals surface area contributed by atoms with Crippen molar-refractivity contribution >= 4 is 10.9 Å². The molecular formula is C14H10N4O. The number of para-hydroxylation sites is 1. The molecule has 0 aliphatic heterocycles. The van der Waals surface area contributed by atoms with Crippen LogP contribution in [0.25, 0.3) is 22.2 Å². The Morgan fingerprint density at radius 2 is 2.16 bits per heavy atom. The normalized spacial score (nSPS) is 10.5. The fourth-order valence-electron chi connectivity index (χ4n) is 2.22. The molecule has 0 aliphatic carbocycles. The second-order valence-corrected chi connectivity index (χ2v) is 4.28. The molecule has 0 bridgehead atoms. The maximum absolute atomic E-state index is 11.2. The third-order valence-electron chi connectivity index (χ3n) is 3.08. The van der Waals surface area contributed by atoms with Gasteiger partial charge in [-0.15, -0.1) is 0 Å². The average molecular weight is 250 g/mol. The van der Waals surface area contributed by atoms with E-state index in [0.717, 1.165) is 16.5 Å². The van der Waals surface area contributed by atoms with Crippen molar-refractivity contribution < 1.29 is 0 Å². The van der Waals surface area contributed by atoms with E-state index < -0.39 is 0 Å². The molecule has 5 heteroatoms. The van der Waals surface area contributed by atoms with Crippen LogP contribution in [0.3, 0.4) is 0 Å². The van der Waals surface area contributed by atoms with Crippen LogP contribution in [0, 0.1) is 11.3 Å². The molecule has 0 saturated heterocycles. The number of aromatic nitrogens is 3. The smallest absolute Gasteiger partial charge is 0.265 e. The van der Waals surface area contributed by atoms with E-state index in [1.54, 1.807) is 0 Å². The molecule has 19 heavy (non-hydrogen) atoms. The predicted octanol–water partition coefficient (Wildman–Crippen LogP) is 1.80. The van der Waals surface area contributed by atoms with Crippen molar-refractivity contribution in [1.29, 1.82) is 5.26 Å². The van der Waals surface area contributed by atoms with E-state index in [0.29, 0.717) is 5.69 Å². The molecule has 1 aromatic carbocycles. The molecule has 0 radical (unpaired) electrons. The maximum Gasteiger partial charge on any atom is 0.265 e. The summed E-state index contributed by atoms with van der Waals surface area (Å²) in [6.45, 7) is 0. The number of nitrogens with one attached hydrogen (secondary N) is 1. The second-order valence-electron chi connectivity index (χ2n) is 4.28. The first-order valence-electron chi connectivity index (χ1n) is 5.75. The van der Waals surface area contributed by atoms with Gasteiger partial charge in [0.25, 0.3) is 5.56 Å². The standard InChI is InChI=1S/C14H10N4O/c1-18-8-11(10-4-2-3-5-12(10)18)14-9(7-15)6-13(19)16-17-14/h2-6,8H,1H3,(H,16,19). The van der Waals surface area contributed by atoms with Gasteiger partial charge in [0.15, 0.2) is 0 Å². The Morgan fingerprint density at radius 1 is 1.37 bits per heavy atom. The summed E-state index contributed by atoms with van der Waals surface area (Å²) in [6, 6.07) is 11.1. The number of aromatic amines is 1. The maximum atomic E-state index is 11.2. The largest absolute Gasteiger partial charge is 0.350 e. The quantitative estimate of drug-likeness (QED) is 0.715. The number of aryl methyl sites for hydroxylation is 1. The molecule has 0 saturated carbocycles. The van der Waals surface area contributed by atoms with Crippen molar-refractivity contribution in [2.75, 3.05) is 0 Å². The Morgan fingerprint density at radius 3 is 2.95 bits per heavy atom. The molecule has 1 N–H and O–H groups in total. The predicted molar refractivity (Wildman–Crippen MR) is 71.5 cm³/mol. The number of nitriles is 1. The number of hydrogen-bond acceptors (Lipinski definition) is 3. The highest BCUT2D eigenvalue weighted by molar-refractivity contribution is 5.96. The van der Waals surface area contributed by atoms with Gasteiger partial charge in [0.1, 0.15) is 11.8 Å². The van der Waals surface area contributed by atoms with Gasteiger partial charge in [-0.05, 0) is 6.07 Å². The fourth-order valence-corrected chi connectivity index (χ4v) is 2.22. The molecular weight excluding hydrogens is 240 g/mol. The van der Waals surface area contributed by atoms with E-state index in [9.17, 15) is 4.79 Å². The van der Waals surface area contributed by atoms with E-state index in [-0.39, 0.29) is 11.1 Å². The van der Waals surface area contributed by atoms with Crippen LogP contribution in [0.4, 0.5) is 0 Å². The van der Waals surface area contributed by atoms with E-state index in [1.165, 1.54) is 6.07 Å². The molecule has 0 spiro atoms. The van der Waals surface area contributed by atoms with Crippen LogP contribution in [-0.4, -0.2) is 14.8 Å². The van der Waals surface area contributed by atoms with E-state index in [1.807, 2.05) is 48.1 Å². The summed E-state index contributed by atoms with van der Waals surface area (Å²) in [5, 5.41) is 16.5. The number of fused-ring (bicyclic) bond motifs is 1. The van der Waals surface area contributed by atoms with Crippen LogP contribution in [-0.2, 0) is 7.05 Å². The minimum Gasteiger partial charge on any atom is -0.350 e. The van der Waals surface area contributed by atoms with Crippen LogP contribution >= 0.6 is 0 Å². The van der Waals surface area contributed by atoms with Gasteiger partial charge in [-0.2, -0.15) is 10.4 Å². The summed E-state index contributed by atoms with van der Waals surface area (Å²) in [4.78, 5) is 11.2. The molecule has 2 aromatic heterocycles. The summed E-state index contributed by atoms with van der Waals surface area (Å²) in [6.07, 6.45) is 1.91. The van der Waals surface area contributed by atoms with Crippen LogP contribution in [0.5, 0.6) is 0 Å². The van der Waals surface area contributed by atoms with E-state index in [4.69, 9.17) is 5.26 Å². The number of hydrogen-bond donors (Lipinski definition) is 1. The Balaban J connectivity index is 2.38. The Labute approximate surface area is 108 Å². The third kappa shape index (κ3) is 1.70. The van der Waals surface area contributed by atoms with Gasteiger partial charge in [-0.25, -0.2) is 5.10 Å². The minimum absolute atomic E-state index is 0.278. The van der Waals surface area contributed by atoms with Gasteiger partial charge in [0, 0.05) is 35.8 Å². The van der Waals surface area contributed by atoms with Crippen molar-refractivity contribution in [3.05, 3.63) is 52.4 Å². The zero-order chi connectivity index (χ0) is 13.4. The summed E-state index contributed by atoms with van der Waals surface area (Å²) in [5.41, 5.74) is 2.29. The van der Waals surface area contributed by atoms with Crippen molar-refractivity contribution in [2.45, 2.75) is 0 Å². The van der Waals surface area contributed by atoms with Crippen molar-refractivity contribution in [1.82, 2.24) is 14.8 Å². The first-order chi connectivity index (χ1) is 9.20. The minimum atomic E-state index is -0.375. The Hall–Kier alpha value is -2.87. The van der Waals surface area contributed by atoms with Gasteiger partial charge in [-0.1, -0.05) is 18.2 Å². The molecule has 0 fully saturated rings. The lowest BCUT2D eigenvalue weighted by Gasteiger charge is -1.99. The lowest BCUT2D eigenvalue weighted by Crippen LogP contribution is -2.08. The van der Waals surface area contributed by atoms with Gasteiger partial charge in [0.2, 0.25) is 0 Å². The summed E-state index contributed by atoms with van der Waals surface area (Å²) >= 11 is 0. The van der Waals surface area contributed by atoms with Crippen LogP contribution < -0.4 is 5.56 Å². The zero-order valence-corrected chi connectivity index (χ0v) is 10.2. The topological polar surface area (TPSA) is 74.5 Å². The van der Waals surface area contributed by atoms with Crippen LogP contribution in [0.2, 0.25) is 0 Å². The highest BCUT2D eigenvalue weighted by Crippen LogP contribution is 2.29. The number of rotatable bonds is 1. The lowest BCUT2D eigenvalue weighted by molar-refractivity contribution is 0.961. The van der Waals surface area contributed by atoms with Crippen LogP contribution in [0.1, 0.15) is 5.56 Å². The number of nitrogens with zero attached hydrogens (tertiary/aromatic N) is 3. The highest BCUT2D eigenvalue weighted by atomic mass is 16.1. The monoisotopic (exact) mass is 250 g/mol. The molecule has 3 rings (SSSR count). The summed E-state index contributed by atoms with van der Waals surface area (Å²) < 4.78 is 1.97. The first-order valence-corrected chi connectivity index (χ1v) is 5.75. The van der Waals surface area contributed by atoms with Gasteiger partial charge < -0.3 is 4.57 Å². The molecule has 5 nitrogen and oxygen atoms in total. The summed E-state index contributed by atoms with van der Waals surface area (Å²) in [5.74, 6) is 0. The molecule has 0 unspecified atom stereocenters. The summed E-state index contributed by atoms with van der Waals surface area (Å²) in [7, 11) is 1.93. The molecule has 0 aliphatic rings. The highest BCUT2D eigenvalue weighted by Gasteiger charge is 2.13. The number of H-pyrrole nitrogens is 1. The third-order valence-corrected chi connectivity index (χ3v) is 3.08. The molecule has 3 aromatic rings. The lowest BCUT2D eigenvalue weighted by atomic mass is 10.1. The van der Waals surface area contributed by atoms with E-state index >= 15 is 0 Å². The molecule has 92 valence electrons. The molecule has 2 heterocycles. The molecule has 0 atom stereocenters. The van der Waals surface area contributed by atoms with Gasteiger partial charge in [0.05, 0.1) is 5.56 Å². The zero-order valence-electron chi connectivity index (χ0n) is 10.2. The average Bonchev–Trinajstić information content (AvgIpc) is 2.76. The Kier molecular flexibility index (Phi) is 2.43. The van der Waals surface area contributed by atoms with Crippen LogP contribution in [0.15, 0.2) is 41.3 Å². The molecule has 0 amide bonds. The van der Waals surface area contributed by atoms with Gasteiger partial charge >= 0.3 is 0 Å². The van der Waals surface area contributed by atoms with Crippen molar-refractivity contribution in [3.8, 4) is 17.3 Å². The first kappa shape index (κ1) is 11.2. The SMILES string of the molecule is Cn1cc(-c2n[nH]c(=O)cc2C#N)c2ccccc21. The Bertz CT molecular complexity index is 867. The second kappa shape index (κ2) is 4.10. The number of benzene rings is 1. The van der Waals surface area contributed by atoms with E-state index in [2.05, 4.69) is 10.2 Å². The van der Waals surface area contributed by atoms with Crippen molar-refractivity contribution in [3.63, 3.8) is 0 Å². The fraction of sp³-hybridized carbons (Fsp3) is 0.0714. The van der Waals surface area contributed by atoms with Gasteiger partial charge in [-0.3, -0.25) is 4.79 Å². The van der Waals surface area contributed by atoms with Crippen molar-refractivity contribution in [2.24, 2.45) is 7.05 Å².